The van der Waals surface area contributed by atoms with Crippen molar-refractivity contribution in [2.75, 3.05) is 14.2 Å². The van der Waals surface area contributed by atoms with Crippen molar-refractivity contribution >= 4 is 58.2 Å². The highest BCUT2D eigenvalue weighted by atomic mass is 35.6. The average molecular weight is 409 g/mol. The summed E-state index contributed by atoms with van der Waals surface area (Å²) in [5, 5.41) is 0.380. The first-order valence-electron chi connectivity index (χ1n) is 6.76. The lowest BCUT2D eigenvalue weighted by Gasteiger charge is -2.30. The lowest BCUT2D eigenvalue weighted by molar-refractivity contribution is -0.136. The molecule has 0 spiro atoms. The summed E-state index contributed by atoms with van der Waals surface area (Å²) in [6.07, 6.45) is 3.06. The Bertz CT molecular complexity index is 737. The maximum atomic E-state index is 12.6. The maximum absolute atomic E-state index is 12.6. The number of ketones is 1. The van der Waals surface area contributed by atoms with Gasteiger partial charge in [-0.1, -0.05) is 64.6 Å². The molecule has 0 saturated carbocycles. The van der Waals surface area contributed by atoms with Gasteiger partial charge in [0.05, 0.1) is 12.7 Å². The van der Waals surface area contributed by atoms with E-state index in [4.69, 9.17) is 51.1 Å². The Morgan fingerprint density at radius 2 is 1.71 bits per heavy atom. The van der Waals surface area contributed by atoms with Crippen molar-refractivity contribution in [3.8, 4) is 0 Å². The molecule has 1 aliphatic rings. The Morgan fingerprint density at radius 1 is 1.12 bits per heavy atom. The summed E-state index contributed by atoms with van der Waals surface area (Å²) in [5.41, 5.74) is 0.888. The first-order chi connectivity index (χ1) is 11.2. The fourth-order valence-corrected chi connectivity index (χ4v) is 3.05. The van der Waals surface area contributed by atoms with Crippen LogP contribution in [0, 0.1) is 0 Å². The third-order valence-electron chi connectivity index (χ3n) is 3.46. The van der Waals surface area contributed by atoms with Gasteiger partial charge in [-0.15, -0.1) is 0 Å². The van der Waals surface area contributed by atoms with Gasteiger partial charge in [-0.25, -0.2) is 4.79 Å². The van der Waals surface area contributed by atoms with E-state index in [0.29, 0.717) is 10.6 Å². The number of alkyl halides is 3. The molecule has 1 heterocycles. The SMILES string of the molecule is COC(=O)C1=CN(C)C=C(C(=O)C(Cl)(Cl)Cl)C1c1ccccc1Cl. The molecule has 0 N–H and O–H groups in total. The van der Waals surface area contributed by atoms with Crippen LogP contribution in [0.1, 0.15) is 11.5 Å². The molecule has 0 fully saturated rings. The molecule has 24 heavy (non-hydrogen) atoms. The number of Topliss-reactive ketones (excluding diaryl/α,β-unsaturated/α-hetero) is 1. The summed E-state index contributed by atoms with van der Waals surface area (Å²) in [6.45, 7) is 0. The Balaban J connectivity index is 2.66. The third kappa shape index (κ3) is 3.89. The van der Waals surface area contributed by atoms with E-state index in [2.05, 4.69) is 0 Å². The molecule has 0 saturated heterocycles. The van der Waals surface area contributed by atoms with Crippen LogP contribution in [0.5, 0.6) is 0 Å². The molecule has 1 aliphatic heterocycles. The predicted molar refractivity (Wildman–Crippen MR) is 95.4 cm³/mol. The minimum atomic E-state index is -2.16. The van der Waals surface area contributed by atoms with Gasteiger partial charge < -0.3 is 9.64 Å². The van der Waals surface area contributed by atoms with Crippen molar-refractivity contribution in [3.63, 3.8) is 0 Å². The van der Waals surface area contributed by atoms with Gasteiger partial charge in [0.15, 0.2) is 0 Å². The lowest BCUT2D eigenvalue weighted by atomic mass is 9.82. The largest absolute Gasteiger partial charge is 0.466 e. The molecule has 0 radical (unpaired) electrons. The molecular formula is C16H13Cl4NO3. The molecule has 0 aromatic heterocycles. The summed E-state index contributed by atoms with van der Waals surface area (Å²) < 4.78 is 2.67. The Kier molecular flexibility index (Phi) is 5.87. The molecule has 0 aliphatic carbocycles. The van der Waals surface area contributed by atoms with E-state index in [1.165, 1.54) is 18.2 Å². The summed E-state index contributed by atoms with van der Waals surface area (Å²) in [7, 11) is 2.90. The van der Waals surface area contributed by atoms with Gasteiger partial charge in [0, 0.05) is 36.0 Å². The highest BCUT2D eigenvalue weighted by Gasteiger charge is 2.41. The quantitative estimate of drug-likeness (QED) is 0.554. The van der Waals surface area contributed by atoms with Crippen molar-refractivity contribution in [1.82, 2.24) is 4.90 Å². The first-order valence-corrected chi connectivity index (χ1v) is 8.27. The van der Waals surface area contributed by atoms with Gasteiger partial charge in [0.25, 0.3) is 3.79 Å². The van der Waals surface area contributed by atoms with Crippen LogP contribution in [-0.2, 0) is 14.3 Å². The molecule has 1 unspecified atom stereocenters. The minimum absolute atomic E-state index is 0.133. The van der Waals surface area contributed by atoms with E-state index >= 15 is 0 Å². The fourth-order valence-electron chi connectivity index (χ4n) is 2.48. The number of allylic oxidation sites excluding steroid dienone is 1. The Labute approximate surface area is 159 Å². The molecule has 2 rings (SSSR count). The molecule has 1 aromatic rings. The summed E-state index contributed by atoms with van der Waals surface area (Å²) in [6, 6.07) is 6.84. The highest BCUT2D eigenvalue weighted by molar-refractivity contribution is 6.77. The van der Waals surface area contributed by atoms with Gasteiger partial charge in [-0.2, -0.15) is 0 Å². The molecule has 1 atom stereocenters. The number of nitrogens with zero attached hydrogens (tertiary/aromatic N) is 1. The topological polar surface area (TPSA) is 46.6 Å². The number of rotatable bonds is 3. The van der Waals surface area contributed by atoms with Crippen LogP contribution >= 0.6 is 46.4 Å². The zero-order valence-corrected chi connectivity index (χ0v) is 15.7. The van der Waals surface area contributed by atoms with E-state index in [1.54, 1.807) is 37.5 Å². The van der Waals surface area contributed by atoms with Gasteiger partial charge in [-0.05, 0) is 11.6 Å². The van der Waals surface area contributed by atoms with Crippen molar-refractivity contribution in [2.24, 2.45) is 0 Å². The summed E-state index contributed by atoms with van der Waals surface area (Å²) >= 11 is 23.6. The first kappa shape index (κ1) is 19.1. The summed E-state index contributed by atoms with van der Waals surface area (Å²) in [5.74, 6) is -2.14. The number of benzene rings is 1. The van der Waals surface area contributed by atoms with Crippen LogP contribution in [0.2, 0.25) is 5.02 Å². The van der Waals surface area contributed by atoms with E-state index < -0.39 is 21.5 Å². The number of methoxy groups -OCH3 is 1. The molecule has 1 aromatic carbocycles. The summed E-state index contributed by atoms with van der Waals surface area (Å²) in [4.78, 5) is 26.4. The van der Waals surface area contributed by atoms with Crippen LogP contribution in [0.3, 0.4) is 0 Å². The predicted octanol–water partition coefficient (Wildman–Crippen LogP) is 4.25. The van der Waals surface area contributed by atoms with Crippen LogP contribution in [0.25, 0.3) is 0 Å². The minimum Gasteiger partial charge on any atom is -0.466 e. The zero-order valence-electron chi connectivity index (χ0n) is 12.7. The van der Waals surface area contributed by atoms with Crippen LogP contribution < -0.4 is 0 Å². The monoisotopic (exact) mass is 407 g/mol. The molecule has 8 heteroatoms. The van der Waals surface area contributed by atoms with Crippen molar-refractivity contribution in [1.29, 1.82) is 0 Å². The maximum Gasteiger partial charge on any atom is 0.336 e. The second-order valence-electron chi connectivity index (χ2n) is 5.11. The van der Waals surface area contributed by atoms with E-state index in [0.717, 1.165) is 0 Å². The number of hydrogen-bond donors (Lipinski definition) is 0. The number of ether oxygens (including phenoxy) is 1. The van der Waals surface area contributed by atoms with E-state index in [9.17, 15) is 9.59 Å². The second kappa shape index (κ2) is 7.36. The van der Waals surface area contributed by atoms with Gasteiger partial charge in [-0.3, -0.25) is 4.79 Å². The smallest absolute Gasteiger partial charge is 0.336 e. The van der Waals surface area contributed by atoms with Crippen LogP contribution in [0.15, 0.2) is 47.8 Å². The van der Waals surface area contributed by atoms with Crippen LogP contribution in [0.4, 0.5) is 0 Å². The molecule has 128 valence electrons. The second-order valence-corrected chi connectivity index (χ2v) is 7.80. The number of hydrogen-bond acceptors (Lipinski definition) is 4. The Morgan fingerprint density at radius 3 is 2.25 bits per heavy atom. The molecular weight excluding hydrogens is 396 g/mol. The Hall–Kier alpha value is -1.20. The number of carbonyl (C=O) groups excluding carboxylic acids is 2. The van der Waals surface area contributed by atoms with Gasteiger partial charge >= 0.3 is 5.97 Å². The van der Waals surface area contributed by atoms with Gasteiger partial charge in [0.2, 0.25) is 5.78 Å². The normalized spacial score (nSPS) is 17.9. The number of carbonyl (C=O) groups is 2. The van der Waals surface area contributed by atoms with E-state index in [1.807, 2.05) is 0 Å². The molecule has 4 nitrogen and oxygen atoms in total. The average Bonchev–Trinajstić information content (AvgIpc) is 2.52. The lowest BCUT2D eigenvalue weighted by Crippen LogP contribution is -2.31. The number of halogens is 4. The van der Waals surface area contributed by atoms with Crippen molar-refractivity contribution in [2.45, 2.75) is 9.71 Å². The highest BCUT2D eigenvalue weighted by Crippen LogP contribution is 2.43. The van der Waals surface area contributed by atoms with Crippen molar-refractivity contribution in [3.05, 3.63) is 58.4 Å². The standard InChI is InChI=1S/C16H13Cl4NO3/c1-21-7-10(14(22)16(18,19)20)13(11(8-21)15(23)24-2)9-5-3-4-6-12(9)17/h3-8,13H,1-2H3. The number of esters is 1. The molecule has 0 amide bonds. The zero-order chi connectivity index (χ0) is 18.1. The fraction of sp³-hybridized carbons (Fsp3) is 0.250. The molecule has 0 bridgehead atoms. The van der Waals surface area contributed by atoms with Gasteiger partial charge in [0.1, 0.15) is 0 Å². The van der Waals surface area contributed by atoms with Crippen LogP contribution in [-0.4, -0.2) is 34.6 Å². The van der Waals surface area contributed by atoms with Crippen molar-refractivity contribution < 1.29 is 14.3 Å². The van der Waals surface area contributed by atoms with E-state index in [-0.39, 0.29) is 11.1 Å². The third-order valence-corrected chi connectivity index (χ3v) is 4.32.